The van der Waals surface area contributed by atoms with Crippen LogP contribution in [0.2, 0.25) is 0 Å². The van der Waals surface area contributed by atoms with Gasteiger partial charge in [0.1, 0.15) is 17.4 Å². The van der Waals surface area contributed by atoms with E-state index in [2.05, 4.69) is 16.4 Å². The van der Waals surface area contributed by atoms with Crippen molar-refractivity contribution in [1.82, 2.24) is 4.98 Å². The zero-order chi connectivity index (χ0) is 21.2. The molecule has 1 heterocycles. The molecule has 0 fully saturated rings. The molecule has 6 heteroatoms. The van der Waals surface area contributed by atoms with Crippen molar-refractivity contribution in [2.45, 2.75) is 25.4 Å². The highest BCUT2D eigenvalue weighted by molar-refractivity contribution is 5.88. The van der Waals surface area contributed by atoms with Crippen LogP contribution in [-0.2, 0) is 6.42 Å². The number of benzene rings is 3. The van der Waals surface area contributed by atoms with Gasteiger partial charge in [-0.05, 0) is 66.8 Å². The van der Waals surface area contributed by atoms with Crippen LogP contribution < -0.4 is 10.1 Å². The molecule has 0 saturated carbocycles. The average Bonchev–Trinajstić information content (AvgIpc) is 3.21. The summed E-state index contributed by atoms with van der Waals surface area (Å²) in [6.07, 6.45) is 4.11. The Balaban J connectivity index is 1.42. The fourth-order valence-corrected chi connectivity index (χ4v) is 4.01. The number of aromatic nitrogens is 1. The minimum atomic E-state index is -0.0699. The molecule has 1 aromatic heterocycles. The molecule has 1 unspecified atom stereocenters. The second-order valence-electron chi connectivity index (χ2n) is 7.53. The quantitative estimate of drug-likeness (QED) is 0.401. The monoisotopic (exact) mass is 408 g/mol. The molecule has 5 rings (SSSR count). The summed E-state index contributed by atoms with van der Waals surface area (Å²) in [4.78, 5) is 4.45. The number of hydrogen-bond acceptors (Lipinski definition) is 6. The molecule has 0 aliphatic heterocycles. The van der Waals surface area contributed by atoms with Crippen LogP contribution in [0.25, 0.3) is 11.1 Å². The van der Waals surface area contributed by atoms with E-state index < -0.39 is 0 Å². The van der Waals surface area contributed by atoms with Gasteiger partial charge in [-0.2, -0.15) is 10.2 Å². The number of hydrogen-bond donors (Lipinski definition) is 2. The summed E-state index contributed by atoms with van der Waals surface area (Å²) >= 11 is 0. The van der Waals surface area contributed by atoms with E-state index in [4.69, 9.17) is 19.8 Å². The summed E-state index contributed by atoms with van der Waals surface area (Å²) in [5.74, 6) is 0.700. The van der Waals surface area contributed by atoms with Crippen molar-refractivity contribution in [3.8, 4) is 11.8 Å². The van der Waals surface area contributed by atoms with Gasteiger partial charge in [0.2, 0.25) is 0 Å². The second kappa shape index (κ2) is 7.96. The Morgan fingerprint density at radius 3 is 2.90 bits per heavy atom. The molecule has 1 aliphatic rings. The Hall–Kier alpha value is -4.11. The van der Waals surface area contributed by atoms with Crippen LogP contribution in [0, 0.1) is 16.7 Å². The Kier molecular flexibility index (Phi) is 4.85. The summed E-state index contributed by atoms with van der Waals surface area (Å²) in [7, 11) is 0. The third-order valence-electron chi connectivity index (χ3n) is 5.53. The van der Waals surface area contributed by atoms with Crippen LogP contribution in [0.3, 0.4) is 0 Å². The third kappa shape index (κ3) is 3.74. The van der Waals surface area contributed by atoms with Crippen molar-refractivity contribution in [2.24, 2.45) is 0 Å². The molecule has 152 valence electrons. The van der Waals surface area contributed by atoms with E-state index in [1.807, 2.05) is 60.7 Å². The Morgan fingerprint density at radius 1 is 1.16 bits per heavy atom. The molecule has 0 radical (unpaired) electrons. The van der Waals surface area contributed by atoms with Gasteiger partial charge >= 0.3 is 0 Å². The molecule has 0 saturated heterocycles. The van der Waals surface area contributed by atoms with E-state index >= 15 is 0 Å². The van der Waals surface area contributed by atoms with Crippen LogP contribution in [-0.4, -0.2) is 11.2 Å². The number of anilines is 2. The fourth-order valence-electron chi connectivity index (χ4n) is 4.01. The number of nitrogens with one attached hydrogen (secondary N) is 2. The highest BCUT2D eigenvalue weighted by atomic mass is 16.5. The van der Waals surface area contributed by atoms with Gasteiger partial charge in [0.25, 0.3) is 6.01 Å². The zero-order valence-electron chi connectivity index (χ0n) is 16.8. The van der Waals surface area contributed by atoms with Gasteiger partial charge in [-0.15, -0.1) is 0 Å². The SMILES string of the molecule is N#Cc1ccc2c(c1)CCCC2Oc1ccc(C=N)c(Nc2nc3ccccc3o2)c1. The smallest absolute Gasteiger partial charge is 0.300 e. The van der Waals surface area contributed by atoms with Crippen LogP contribution in [0.4, 0.5) is 11.7 Å². The van der Waals surface area contributed by atoms with Gasteiger partial charge in [0.05, 0.1) is 17.3 Å². The molecule has 0 spiro atoms. The van der Waals surface area contributed by atoms with Gasteiger partial charge in [0, 0.05) is 17.8 Å². The lowest BCUT2D eigenvalue weighted by molar-refractivity contribution is 0.183. The standard InChI is InChI=1S/C25H20N4O2/c26-14-16-8-11-20-17(12-16)4-3-7-23(20)30-19-10-9-18(15-27)22(13-19)29-25-28-21-5-1-2-6-24(21)31-25/h1-2,5-6,8-13,15,23,27H,3-4,7H2,(H,28,29). The molecule has 2 N–H and O–H groups in total. The van der Waals surface area contributed by atoms with Gasteiger partial charge in [-0.25, -0.2) is 0 Å². The topological polar surface area (TPSA) is 94.9 Å². The summed E-state index contributed by atoms with van der Waals surface area (Å²) in [5, 5.41) is 20.1. The minimum absolute atomic E-state index is 0.0699. The normalized spacial score (nSPS) is 15.1. The molecule has 6 nitrogen and oxygen atoms in total. The summed E-state index contributed by atoms with van der Waals surface area (Å²) in [6, 6.07) is 21.5. The van der Waals surface area contributed by atoms with Crippen molar-refractivity contribution in [2.75, 3.05) is 5.32 Å². The summed E-state index contributed by atoms with van der Waals surface area (Å²) < 4.78 is 12.1. The largest absolute Gasteiger partial charge is 0.486 e. The summed E-state index contributed by atoms with van der Waals surface area (Å²) in [6.45, 7) is 0. The molecule has 31 heavy (non-hydrogen) atoms. The average molecular weight is 408 g/mol. The molecular formula is C25H20N4O2. The van der Waals surface area contributed by atoms with E-state index in [-0.39, 0.29) is 6.10 Å². The lowest BCUT2D eigenvalue weighted by Gasteiger charge is -2.26. The van der Waals surface area contributed by atoms with Gasteiger partial charge in [0.15, 0.2) is 5.58 Å². The first-order valence-electron chi connectivity index (χ1n) is 10.2. The van der Waals surface area contributed by atoms with Gasteiger partial charge in [-0.3, -0.25) is 0 Å². The van der Waals surface area contributed by atoms with E-state index in [1.165, 1.54) is 11.8 Å². The van der Waals surface area contributed by atoms with Crippen LogP contribution >= 0.6 is 0 Å². The van der Waals surface area contributed by atoms with E-state index in [9.17, 15) is 0 Å². The molecule has 3 aromatic carbocycles. The lowest BCUT2D eigenvalue weighted by Crippen LogP contribution is -2.15. The maximum atomic E-state index is 9.17. The first-order valence-corrected chi connectivity index (χ1v) is 10.2. The van der Waals surface area contributed by atoms with Crippen molar-refractivity contribution in [3.63, 3.8) is 0 Å². The molecular weight excluding hydrogens is 388 g/mol. The number of oxazole rings is 1. The Labute approximate surface area is 179 Å². The predicted octanol–water partition coefficient (Wildman–Crippen LogP) is 5.90. The molecule has 4 aromatic rings. The number of rotatable bonds is 5. The number of para-hydroxylation sites is 2. The molecule has 0 amide bonds. The highest BCUT2D eigenvalue weighted by Crippen LogP contribution is 2.35. The Morgan fingerprint density at radius 2 is 2.06 bits per heavy atom. The maximum Gasteiger partial charge on any atom is 0.300 e. The van der Waals surface area contributed by atoms with Crippen molar-refractivity contribution < 1.29 is 9.15 Å². The van der Waals surface area contributed by atoms with Crippen LogP contribution in [0.1, 0.15) is 41.2 Å². The first-order chi connectivity index (χ1) is 15.2. The second-order valence-corrected chi connectivity index (χ2v) is 7.53. The number of nitriles is 1. The number of ether oxygens (including phenoxy) is 1. The van der Waals surface area contributed by atoms with E-state index in [0.29, 0.717) is 34.2 Å². The third-order valence-corrected chi connectivity index (χ3v) is 5.53. The number of fused-ring (bicyclic) bond motifs is 2. The number of nitrogens with zero attached hydrogens (tertiary/aromatic N) is 2. The van der Waals surface area contributed by atoms with Crippen LogP contribution in [0.5, 0.6) is 5.75 Å². The molecule has 1 aliphatic carbocycles. The van der Waals surface area contributed by atoms with E-state index in [1.54, 1.807) is 0 Å². The Bertz CT molecular complexity index is 1290. The predicted molar refractivity (Wildman–Crippen MR) is 119 cm³/mol. The van der Waals surface area contributed by atoms with Crippen molar-refractivity contribution in [3.05, 3.63) is 82.9 Å². The van der Waals surface area contributed by atoms with Crippen molar-refractivity contribution in [1.29, 1.82) is 10.7 Å². The van der Waals surface area contributed by atoms with E-state index in [0.717, 1.165) is 30.3 Å². The fraction of sp³-hybridized carbons (Fsp3) is 0.160. The first kappa shape index (κ1) is 18.9. The zero-order valence-corrected chi connectivity index (χ0v) is 16.8. The molecule has 0 bridgehead atoms. The highest BCUT2D eigenvalue weighted by Gasteiger charge is 2.22. The van der Waals surface area contributed by atoms with Crippen molar-refractivity contribution >= 4 is 29.0 Å². The maximum absolute atomic E-state index is 9.17. The lowest BCUT2D eigenvalue weighted by atomic mass is 9.88. The summed E-state index contributed by atoms with van der Waals surface area (Å²) in [5.41, 5.74) is 5.85. The van der Waals surface area contributed by atoms with Crippen LogP contribution in [0.15, 0.2) is 65.1 Å². The van der Waals surface area contributed by atoms with Gasteiger partial charge < -0.3 is 19.9 Å². The number of aryl methyl sites for hydroxylation is 1. The minimum Gasteiger partial charge on any atom is -0.486 e. The van der Waals surface area contributed by atoms with Gasteiger partial charge in [-0.1, -0.05) is 18.2 Å². The molecule has 1 atom stereocenters.